The fourth-order valence-electron chi connectivity index (χ4n) is 1.41. The molecule has 1 aromatic carbocycles. The molecule has 1 aromatic rings. The Morgan fingerprint density at radius 2 is 1.52 bits per heavy atom. The van der Waals surface area contributed by atoms with Gasteiger partial charge in [0, 0.05) is 9.13 Å². The van der Waals surface area contributed by atoms with E-state index in [-0.39, 0.29) is 9.13 Å². The molecule has 0 radical (unpaired) electrons. The first-order valence-corrected chi connectivity index (χ1v) is 8.45. The smallest absolute Gasteiger partial charge is 0.462 e. The van der Waals surface area contributed by atoms with Gasteiger partial charge in [-0.05, 0) is 57.3 Å². The summed E-state index contributed by atoms with van der Waals surface area (Å²) >= 11 is 3.26. The third kappa shape index (κ3) is 6.38. The van der Waals surface area contributed by atoms with Crippen LogP contribution in [0.1, 0.15) is 5.56 Å². The van der Waals surface area contributed by atoms with Crippen LogP contribution in [0.3, 0.4) is 0 Å². The average Bonchev–Trinajstić information content (AvgIpc) is 2.43. The molecule has 0 saturated heterocycles. The fourth-order valence-corrected chi connectivity index (χ4v) is 3.46. The molecule has 0 aliphatic heterocycles. The highest BCUT2D eigenvalue weighted by atomic mass is 127. The number of halogens is 12. The van der Waals surface area contributed by atoms with Gasteiger partial charge in [0.15, 0.2) is 6.61 Å². The van der Waals surface area contributed by atoms with Crippen LogP contribution in [0.25, 0.3) is 0 Å². The van der Waals surface area contributed by atoms with E-state index in [9.17, 15) is 43.9 Å². The van der Waals surface area contributed by atoms with E-state index in [2.05, 4.69) is 9.84 Å². The summed E-state index contributed by atoms with van der Waals surface area (Å²) in [6, 6.07) is -3.35. The van der Waals surface area contributed by atoms with E-state index in [1.807, 2.05) is 0 Å². The Hall–Kier alpha value is -0.750. The van der Waals surface area contributed by atoms with Gasteiger partial charge < -0.3 is 4.74 Å². The molecule has 0 heterocycles. The minimum absolute atomic E-state index is 0.0950. The lowest BCUT2D eigenvalue weighted by Gasteiger charge is -2.27. The molecule has 0 spiro atoms. The third-order valence-corrected chi connectivity index (χ3v) is 4.00. The van der Waals surface area contributed by atoms with Crippen molar-refractivity contribution in [1.82, 2.24) is 5.43 Å². The number of benzene rings is 1. The van der Waals surface area contributed by atoms with E-state index in [0.717, 1.165) is 6.07 Å². The topological polar surface area (TPSA) is 33.6 Å². The van der Waals surface area contributed by atoms with Crippen molar-refractivity contribution in [2.75, 3.05) is 6.61 Å². The standard InChI is InChI=1S/C12H6F10I2N2O/c13-9(14,15)4-27-8-5(1-6(23)2-7(8)24)3-25-26-12(21,22)10(16,17)11(18,19)20/h1-3,26H,4H2/b25-3-. The van der Waals surface area contributed by atoms with E-state index >= 15 is 0 Å². The van der Waals surface area contributed by atoms with E-state index in [1.165, 1.54) is 6.07 Å². The lowest BCUT2D eigenvalue weighted by atomic mass is 10.2. The van der Waals surface area contributed by atoms with Crippen LogP contribution in [0.5, 0.6) is 5.75 Å². The second kappa shape index (κ2) is 8.32. The van der Waals surface area contributed by atoms with E-state index in [1.54, 1.807) is 45.2 Å². The van der Waals surface area contributed by atoms with Crippen molar-refractivity contribution in [1.29, 1.82) is 0 Å². The van der Waals surface area contributed by atoms with Gasteiger partial charge in [-0.25, -0.2) is 5.43 Å². The highest BCUT2D eigenvalue weighted by Gasteiger charge is 2.73. The zero-order chi connectivity index (χ0) is 21.3. The Balaban J connectivity index is 3.10. The Labute approximate surface area is 171 Å². The predicted molar refractivity (Wildman–Crippen MR) is 90.1 cm³/mol. The minimum atomic E-state index is -6.56. The van der Waals surface area contributed by atoms with Gasteiger partial charge in [0.2, 0.25) is 0 Å². The van der Waals surface area contributed by atoms with Gasteiger partial charge in [0.1, 0.15) is 5.75 Å². The maximum absolute atomic E-state index is 13.1. The first-order valence-electron chi connectivity index (χ1n) is 6.29. The van der Waals surface area contributed by atoms with Crippen LogP contribution in [0.2, 0.25) is 0 Å². The van der Waals surface area contributed by atoms with Crippen molar-refractivity contribution < 1.29 is 48.6 Å². The highest BCUT2D eigenvalue weighted by Crippen LogP contribution is 2.45. The van der Waals surface area contributed by atoms with E-state index < -0.39 is 36.7 Å². The van der Waals surface area contributed by atoms with Crippen molar-refractivity contribution in [2.24, 2.45) is 5.10 Å². The van der Waals surface area contributed by atoms with Crippen molar-refractivity contribution in [3.63, 3.8) is 0 Å². The summed E-state index contributed by atoms with van der Waals surface area (Å²) in [5, 5.41) is 2.61. The molecule has 154 valence electrons. The Bertz CT molecular complexity index is 703. The SMILES string of the molecule is FC(F)(F)COc1c(I)cc(I)cc1/C=N\NC(F)(F)C(F)(F)C(F)(F)F. The second-order valence-electron chi connectivity index (χ2n) is 4.73. The van der Waals surface area contributed by atoms with Crippen LogP contribution in [0.15, 0.2) is 17.2 Å². The molecule has 27 heavy (non-hydrogen) atoms. The number of alkyl halides is 10. The highest BCUT2D eigenvalue weighted by molar-refractivity contribution is 14.1. The number of hydrogen-bond donors (Lipinski definition) is 1. The first kappa shape index (κ1) is 24.3. The summed E-state index contributed by atoms with van der Waals surface area (Å²) in [5.41, 5.74) is 0.0236. The quantitative estimate of drug-likeness (QED) is 0.146. The maximum Gasteiger partial charge on any atom is 0.462 e. The van der Waals surface area contributed by atoms with Gasteiger partial charge in [-0.1, -0.05) is 0 Å². The molecule has 0 fully saturated rings. The summed E-state index contributed by atoms with van der Waals surface area (Å²) in [6.45, 7) is -1.75. The minimum Gasteiger partial charge on any atom is -0.482 e. The Morgan fingerprint density at radius 3 is 2.00 bits per heavy atom. The van der Waals surface area contributed by atoms with Crippen LogP contribution in [0.4, 0.5) is 43.9 Å². The van der Waals surface area contributed by atoms with Gasteiger partial charge in [0.05, 0.1) is 9.78 Å². The maximum atomic E-state index is 13.1. The molecule has 0 saturated carbocycles. The average molecular weight is 638 g/mol. The molecule has 0 aliphatic carbocycles. The normalized spacial score (nSPS) is 13.9. The molecule has 0 amide bonds. The van der Waals surface area contributed by atoms with Gasteiger partial charge >= 0.3 is 24.3 Å². The van der Waals surface area contributed by atoms with Crippen LogP contribution in [0, 0.1) is 7.14 Å². The molecule has 15 heteroatoms. The molecule has 0 aromatic heterocycles. The van der Waals surface area contributed by atoms with Gasteiger partial charge in [-0.15, -0.1) is 0 Å². The van der Waals surface area contributed by atoms with Crippen LogP contribution < -0.4 is 10.2 Å². The van der Waals surface area contributed by atoms with Crippen molar-refractivity contribution in [2.45, 2.75) is 24.3 Å². The van der Waals surface area contributed by atoms with Gasteiger partial charge in [-0.3, -0.25) is 0 Å². The molecule has 0 unspecified atom stereocenters. The molecule has 1 N–H and O–H groups in total. The molecular formula is C12H6F10I2N2O. The second-order valence-corrected chi connectivity index (χ2v) is 7.13. The number of rotatable bonds is 6. The van der Waals surface area contributed by atoms with Crippen molar-refractivity contribution in [3.8, 4) is 5.75 Å². The monoisotopic (exact) mass is 638 g/mol. The Morgan fingerprint density at radius 1 is 0.963 bits per heavy atom. The van der Waals surface area contributed by atoms with E-state index in [4.69, 9.17) is 0 Å². The van der Waals surface area contributed by atoms with Crippen molar-refractivity contribution in [3.05, 3.63) is 24.8 Å². The van der Waals surface area contributed by atoms with Crippen molar-refractivity contribution >= 4 is 51.4 Å². The fraction of sp³-hybridized carbons (Fsp3) is 0.417. The summed E-state index contributed by atoms with van der Waals surface area (Å²) in [4.78, 5) is 0. The summed E-state index contributed by atoms with van der Waals surface area (Å²) in [7, 11) is 0. The molecular weight excluding hydrogens is 632 g/mol. The zero-order valence-corrected chi connectivity index (χ0v) is 16.6. The summed E-state index contributed by atoms with van der Waals surface area (Å²) < 4.78 is 129. The lowest BCUT2D eigenvalue weighted by Crippen LogP contribution is -2.58. The number of hydrazone groups is 1. The number of ether oxygens (including phenoxy) is 1. The Kier molecular flexibility index (Phi) is 7.48. The first-order chi connectivity index (χ1) is 12.0. The van der Waals surface area contributed by atoms with Gasteiger partial charge in [0.25, 0.3) is 0 Å². The molecule has 3 nitrogen and oxygen atoms in total. The van der Waals surface area contributed by atoms with Crippen LogP contribution in [-0.2, 0) is 0 Å². The number of hydrogen-bond acceptors (Lipinski definition) is 3. The largest absolute Gasteiger partial charge is 0.482 e. The number of nitrogens with zero attached hydrogens (tertiary/aromatic N) is 1. The van der Waals surface area contributed by atoms with E-state index in [0.29, 0.717) is 15.2 Å². The molecule has 0 aliphatic rings. The lowest BCUT2D eigenvalue weighted by molar-refractivity contribution is -0.361. The summed E-state index contributed by atoms with van der Waals surface area (Å²) in [5.74, 6) is -6.91. The van der Waals surface area contributed by atoms with Gasteiger partial charge in [-0.2, -0.15) is 49.0 Å². The predicted octanol–water partition coefficient (Wildman–Crippen LogP) is 5.55. The molecule has 0 bridgehead atoms. The third-order valence-electron chi connectivity index (χ3n) is 2.58. The molecule has 1 rings (SSSR count). The van der Waals surface area contributed by atoms with Crippen LogP contribution in [-0.4, -0.2) is 37.1 Å². The van der Waals surface area contributed by atoms with Crippen LogP contribution >= 0.6 is 45.2 Å². The molecule has 0 atom stereocenters. The number of nitrogens with one attached hydrogen (secondary N) is 1. The summed E-state index contributed by atoms with van der Waals surface area (Å²) in [6.07, 6.45) is -10.9. The zero-order valence-electron chi connectivity index (χ0n) is 12.3.